The zero-order valence-electron chi connectivity index (χ0n) is 13.2. The largest absolute Gasteiger partial charge is 0.301 e. The number of thioether (sulfide) groups is 1. The van der Waals surface area contributed by atoms with Crippen molar-refractivity contribution in [3.8, 4) is 0 Å². The number of fused-ring (bicyclic) bond motifs is 2. The van der Waals surface area contributed by atoms with Crippen molar-refractivity contribution in [3.05, 3.63) is 34.8 Å². The molecule has 0 fully saturated rings. The average molecular weight is 376 g/mol. The van der Waals surface area contributed by atoms with Gasteiger partial charge in [0.25, 0.3) is 0 Å². The van der Waals surface area contributed by atoms with E-state index in [2.05, 4.69) is 28.3 Å². The highest BCUT2D eigenvalue weighted by molar-refractivity contribution is 8.01. The first-order chi connectivity index (χ1) is 11.7. The van der Waals surface area contributed by atoms with E-state index in [0.29, 0.717) is 5.75 Å². The van der Waals surface area contributed by atoms with Crippen molar-refractivity contribution in [1.82, 2.24) is 9.97 Å². The molecule has 2 aromatic heterocycles. The summed E-state index contributed by atoms with van der Waals surface area (Å²) in [6, 6.07) is 8.04. The molecule has 0 spiro atoms. The van der Waals surface area contributed by atoms with Crippen molar-refractivity contribution in [2.45, 2.75) is 30.5 Å². The summed E-state index contributed by atoms with van der Waals surface area (Å²) in [6.45, 7) is 2.27. The Kier molecular flexibility index (Phi) is 4.56. The van der Waals surface area contributed by atoms with Gasteiger partial charge in [0.2, 0.25) is 5.91 Å². The molecule has 0 saturated carbocycles. The Bertz CT molecular complexity index is 853. The topological polar surface area (TPSA) is 54.9 Å². The smallest absolute Gasteiger partial charge is 0.236 e. The SMILES string of the molecule is C[C@H]1CCc2nc(NC(=O)CSc3nc4ccccc4s3)sc2C1. The molecule has 24 heavy (non-hydrogen) atoms. The highest BCUT2D eigenvalue weighted by Crippen LogP contribution is 2.33. The molecule has 124 valence electrons. The van der Waals surface area contributed by atoms with Crippen LogP contribution in [0.5, 0.6) is 0 Å². The van der Waals surface area contributed by atoms with Crippen LogP contribution in [0.3, 0.4) is 0 Å². The number of carbonyl (C=O) groups is 1. The van der Waals surface area contributed by atoms with E-state index in [1.807, 2.05) is 18.2 Å². The Labute approximate surface area is 152 Å². The van der Waals surface area contributed by atoms with E-state index < -0.39 is 0 Å². The summed E-state index contributed by atoms with van der Waals surface area (Å²) in [6.07, 6.45) is 3.31. The molecule has 1 aliphatic carbocycles. The second-order valence-corrected chi connectivity index (χ2v) is 9.36. The number of aromatic nitrogens is 2. The number of rotatable bonds is 4. The highest BCUT2D eigenvalue weighted by atomic mass is 32.2. The van der Waals surface area contributed by atoms with Crippen molar-refractivity contribution in [1.29, 1.82) is 0 Å². The Hall–Kier alpha value is -1.44. The number of benzene rings is 1. The number of hydrogen-bond donors (Lipinski definition) is 1. The molecule has 0 aliphatic heterocycles. The molecule has 1 N–H and O–H groups in total. The van der Waals surface area contributed by atoms with Crippen LogP contribution in [0.2, 0.25) is 0 Å². The first-order valence-corrected chi connectivity index (χ1v) is 10.6. The molecule has 1 atom stereocenters. The van der Waals surface area contributed by atoms with E-state index in [1.54, 1.807) is 22.7 Å². The third-order valence-electron chi connectivity index (χ3n) is 4.03. The second kappa shape index (κ2) is 6.82. The maximum atomic E-state index is 12.2. The number of para-hydroxylation sites is 1. The standard InChI is InChI=1S/C17H17N3OS3/c1-10-6-7-12-14(8-10)23-16(18-12)20-15(21)9-22-17-19-11-4-2-3-5-13(11)24-17/h2-5,10H,6-9H2,1H3,(H,18,20,21)/t10-/m0/s1. The molecule has 4 nitrogen and oxygen atoms in total. The third-order valence-corrected chi connectivity index (χ3v) is 7.25. The number of anilines is 1. The third kappa shape index (κ3) is 3.48. The van der Waals surface area contributed by atoms with Crippen LogP contribution in [0.1, 0.15) is 23.9 Å². The molecule has 7 heteroatoms. The van der Waals surface area contributed by atoms with E-state index in [9.17, 15) is 4.79 Å². The normalized spacial score (nSPS) is 17.0. The minimum atomic E-state index is -0.0154. The molecule has 0 radical (unpaired) electrons. The minimum absolute atomic E-state index is 0.0154. The molecule has 0 bridgehead atoms. The van der Waals surface area contributed by atoms with E-state index in [0.717, 1.165) is 38.4 Å². The van der Waals surface area contributed by atoms with Gasteiger partial charge in [-0.2, -0.15) is 0 Å². The first-order valence-electron chi connectivity index (χ1n) is 7.94. The van der Waals surface area contributed by atoms with E-state index in [4.69, 9.17) is 0 Å². The van der Waals surface area contributed by atoms with Crippen LogP contribution in [0.15, 0.2) is 28.6 Å². The van der Waals surface area contributed by atoms with Crippen molar-refractivity contribution >= 4 is 55.7 Å². The molecule has 1 aromatic carbocycles. The van der Waals surface area contributed by atoms with Gasteiger partial charge in [0.1, 0.15) is 0 Å². The monoisotopic (exact) mass is 375 g/mol. The Morgan fingerprint density at radius 1 is 1.33 bits per heavy atom. The summed E-state index contributed by atoms with van der Waals surface area (Å²) in [4.78, 5) is 22.6. The summed E-state index contributed by atoms with van der Waals surface area (Å²) in [5.74, 6) is 1.06. The molecule has 1 amide bonds. The number of amides is 1. The summed E-state index contributed by atoms with van der Waals surface area (Å²) in [5.41, 5.74) is 2.17. The van der Waals surface area contributed by atoms with Crippen LogP contribution < -0.4 is 5.32 Å². The van der Waals surface area contributed by atoms with Gasteiger partial charge >= 0.3 is 0 Å². The number of nitrogens with zero attached hydrogens (tertiary/aromatic N) is 2. The van der Waals surface area contributed by atoms with Gasteiger partial charge in [-0.1, -0.05) is 30.8 Å². The number of carbonyl (C=O) groups excluding carboxylic acids is 1. The van der Waals surface area contributed by atoms with Crippen LogP contribution in [0.4, 0.5) is 5.13 Å². The van der Waals surface area contributed by atoms with Gasteiger partial charge in [0.15, 0.2) is 9.47 Å². The predicted molar refractivity (Wildman–Crippen MR) is 102 cm³/mol. The Morgan fingerprint density at radius 2 is 2.21 bits per heavy atom. The van der Waals surface area contributed by atoms with E-state index >= 15 is 0 Å². The molecular weight excluding hydrogens is 358 g/mol. The van der Waals surface area contributed by atoms with Gasteiger partial charge in [-0.25, -0.2) is 9.97 Å². The summed E-state index contributed by atoms with van der Waals surface area (Å²) < 4.78 is 2.08. The average Bonchev–Trinajstić information content (AvgIpc) is 3.15. The minimum Gasteiger partial charge on any atom is -0.301 e. The van der Waals surface area contributed by atoms with Crippen molar-refractivity contribution in [2.24, 2.45) is 5.92 Å². The van der Waals surface area contributed by atoms with Gasteiger partial charge in [-0.05, 0) is 37.3 Å². The lowest BCUT2D eigenvalue weighted by atomic mass is 9.93. The molecule has 3 aromatic rings. The van der Waals surface area contributed by atoms with E-state index in [1.165, 1.54) is 28.8 Å². The van der Waals surface area contributed by atoms with Crippen molar-refractivity contribution in [2.75, 3.05) is 11.1 Å². The second-order valence-electron chi connectivity index (χ2n) is 6.02. The fourth-order valence-electron chi connectivity index (χ4n) is 2.79. The quantitative estimate of drug-likeness (QED) is 0.677. The zero-order valence-corrected chi connectivity index (χ0v) is 15.7. The molecule has 4 rings (SSSR count). The van der Waals surface area contributed by atoms with Gasteiger partial charge < -0.3 is 5.32 Å². The van der Waals surface area contributed by atoms with Crippen LogP contribution in [-0.4, -0.2) is 21.6 Å². The lowest BCUT2D eigenvalue weighted by Gasteiger charge is -2.15. The van der Waals surface area contributed by atoms with Crippen LogP contribution in [-0.2, 0) is 17.6 Å². The van der Waals surface area contributed by atoms with Gasteiger partial charge in [-0.3, -0.25) is 4.79 Å². The molecule has 0 unspecified atom stereocenters. The predicted octanol–water partition coefficient (Wildman–Crippen LogP) is 4.61. The number of thiazole rings is 2. The summed E-state index contributed by atoms with van der Waals surface area (Å²) >= 11 is 4.74. The number of nitrogens with one attached hydrogen (secondary N) is 1. The van der Waals surface area contributed by atoms with Crippen molar-refractivity contribution < 1.29 is 4.79 Å². The fourth-order valence-corrected chi connectivity index (χ4v) is 5.84. The molecule has 2 heterocycles. The molecular formula is C17H17N3OS3. The lowest BCUT2D eigenvalue weighted by Crippen LogP contribution is -2.13. The summed E-state index contributed by atoms with van der Waals surface area (Å²) in [7, 11) is 0. The van der Waals surface area contributed by atoms with Gasteiger partial charge in [0.05, 0.1) is 21.7 Å². The maximum absolute atomic E-state index is 12.2. The van der Waals surface area contributed by atoms with Crippen LogP contribution >= 0.6 is 34.4 Å². The van der Waals surface area contributed by atoms with Gasteiger partial charge in [0, 0.05) is 4.88 Å². The molecule has 0 saturated heterocycles. The van der Waals surface area contributed by atoms with E-state index in [-0.39, 0.29) is 5.91 Å². The van der Waals surface area contributed by atoms with Crippen molar-refractivity contribution in [3.63, 3.8) is 0 Å². The number of hydrogen-bond acceptors (Lipinski definition) is 6. The zero-order chi connectivity index (χ0) is 16.5. The highest BCUT2D eigenvalue weighted by Gasteiger charge is 2.20. The summed E-state index contributed by atoms with van der Waals surface area (Å²) in [5, 5.41) is 3.68. The van der Waals surface area contributed by atoms with Crippen LogP contribution in [0.25, 0.3) is 10.2 Å². The van der Waals surface area contributed by atoms with Crippen LogP contribution in [0, 0.1) is 5.92 Å². The lowest BCUT2D eigenvalue weighted by molar-refractivity contribution is -0.113. The Morgan fingerprint density at radius 3 is 3.08 bits per heavy atom. The fraction of sp³-hybridized carbons (Fsp3) is 0.353. The molecule has 1 aliphatic rings. The van der Waals surface area contributed by atoms with Gasteiger partial charge in [-0.15, -0.1) is 22.7 Å². The maximum Gasteiger partial charge on any atom is 0.236 e. The number of aryl methyl sites for hydroxylation is 1. The first kappa shape index (κ1) is 16.1. The Balaban J connectivity index is 1.36.